The Morgan fingerprint density at radius 2 is 1.67 bits per heavy atom. The van der Waals surface area contributed by atoms with Crippen molar-refractivity contribution in [3.05, 3.63) is 87.6 Å². The fraction of sp³-hybridized carbons (Fsp3) is 0.0526. The van der Waals surface area contributed by atoms with Gasteiger partial charge in [-0.2, -0.15) is 5.10 Å². The van der Waals surface area contributed by atoms with Crippen molar-refractivity contribution in [3.63, 3.8) is 0 Å². The molecule has 0 atom stereocenters. The first-order valence-electron chi connectivity index (χ1n) is 8.24. The Balaban J connectivity index is 1.55. The highest BCUT2D eigenvalue weighted by Gasteiger charge is 2.11. The molecule has 134 valence electrons. The summed E-state index contributed by atoms with van der Waals surface area (Å²) in [6.07, 6.45) is 1.72. The highest BCUT2D eigenvalue weighted by atomic mass is 16.2. The molecule has 0 fully saturated rings. The molecule has 2 aromatic carbocycles. The predicted molar refractivity (Wildman–Crippen MR) is 101 cm³/mol. The molecule has 27 heavy (non-hydrogen) atoms. The third-order valence-electron chi connectivity index (χ3n) is 4.06. The van der Waals surface area contributed by atoms with E-state index in [4.69, 9.17) is 0 Å². The van der Waals surface area contributed by atoms with E-state index in [9.17, 15) is 14.4 Å². The number of aromatic nitrogens is 4. The molecule has 0 spiro atoms. The average molecular weight is 361 g/mol. The number of anilines is 1. The SMILES string of the molecule is O=C(Cn1[nH]c(=O)c2ccccc2c1=O)Nc1ccn(-c2ccccc2)n1. The zero-order valence-corrected chi connectivity index (χ0v) is 14.1. The van der Waals surface area contributed by atoms with Gasteiger partial charge in [-0.3, -0.25) is 19.5 Å². The van der Waals surface area contributed by atoms with E-state index < -0.39 is 17.0 Å². The largest absolute Gasteiger partial charge is 0.308 e. The van der Waals surface area contributed by atoms with Gasteiger partial charge in [0.1, 0.15) is 6.54 Å². The molecule has 2 N–H and O–H groups in total. The minimum Gasteiger partial charge on any atom is -0.308 e. The summed E-state index contributed by atoms with van der Waals surface area (Å²) in [6.45, 7) is -0.322. The van der Waals surface area contributed by atoms with E-state index >= 15 is 0 Å². The van der Waals surface area contributed by atoms with Crippen LogP contribution >= 0.6 is 0 Å². The highest BCUT2D eigenvalue weighted by Crippen LogP contribution is 2.10. The van der Waals surface area contributed by atoms with Crippen LogP contribution in [-0.2, 0) is 11.3 Å². The van der Waals surface area contributed by atoms with Crippen LogP contribution in [0.4, 0.5) is 5.82 Å². The molecule has 0 unspecified atom stereocenters. The summed E-state index contributed by atoms with van der Waals surface area (Å²) >= 11 is 0. The van der Waals surface area contributed by atoms with Gasteiger partial charge < -0.3 is 5.32 Å². The Labute approximate surface area is 152 Å². The Bertz CT molecular complexity index is 1240. The standard InChI is InChI=1S/C19H15N5O3/c25-17(20-16-10-11-23(21-16)13-6-2-1-3-7-13)12-24-19(27)15-9-5-4-8-14(15)18(26)22-24/h1-11H,12H2,(H,22,26)(H,20,21,25). The second kappa shape index (κ2) is 6.75. The molecule has 0 saturated heterocycles. The fourth-order valence-corrected chi connectivity index (χ4v) is 2.80. The molecule has 8 nitrogen and oxygen atoms in total. The Kier molecular flexibility index (Phi) is 4.13. The second-order valence-electron chi connectivity index (χ2n) is 5.91. The minimum atomic E-state index is -0.471. The number of carbonyl (C=O) groups is 1. The van der Waals surface area contributed by atoms with Crippen LogP contribution < -0.4 is 16.4 Å². The minimum absolute atomic E-state index is 0.266. The fourth-order valence-electron chi connectivity index (χ4n) is 2.80. The van der Waals surface area contributed by atoms with Crippen molar-refractivity contribution in [3.8, 4) is 5.69 Å². The Morgan fingerprint density at radius 3 is 2.44 bits per heavy atom. The van der Waals surface area contributed by atoms with Crippen molar-refractivity contribution in [2.45, 2.75) is 6.54 Å². The van der Waals surface area contributed by atoms with E-state index in [1.54, 1.807) is 41.2 Å². The molecule has 2 heterocycles. The molecule has 0 radical (unpaired) electrons. The number of hydrogen-bond donors (Lipinski definition) is 2. The molecule has 0 bridgehead atoms. The number of carbonyl (C=O) groups excluding carboxylic acids is 1. The van der Waals surface area contributed by atoms with E-state index in [0.29, 0.717) is 11.2 Å². The van der Waals surface area contributed by atoms with E-state index in [1.165, 1.54) is 0 Å². The van der Waals surface area contributed by atoms with Crippen LogP contribution in [0.5, 0.6) is 0 Å². The molecular weight excluding hydrogens is 346 g/mol. The number of amides is 1. The van der Waals surface area contributed by atoms with Gasteiger partial charge in [0.2, 0.25) is 5.91 Å². The third-order valence-corrected chi connectivity index (χ3v) is 4.06. The molecule has 4 rings (SSSR count). The number of para-hydroxylation sites is 1. The highest BCUT2D eigenvalue weighted by molar-refractivity contribution is 5.89. The van der Waals surface area contributed by atoms with E-state index in [-0.39, 0.29) is 11.9 Å². The first-order chi connectivity index (χ1) is 13.1. The number of fused-ring (bicyclic) bond motifs is 1. The zero-order chi connectivity index (χ0) is 18.8. The summed E-state index contributed by atoms with van der Waals surface area (Å²) in [5.41, 5.74) is -0.00500. The van der Waals surface area contributed by atoms with Gasteiger partial charge in [0.25, 0.3) is 11.1 Å². The quantitative estimate of drug-likeness (QED) is 0.575. The summed E-state index contributed by atoms with van der Waals surface area (Å²) in [5.74, 6) is -0.124. The summed E-state index contributed by atoms with van der Waals surface area (Å²) < 4.78 is 2.62. The molecule has 8 heteroatoms. The molecule has 0 aliphatic rings. The van der Waals surface area contributed by atoms with Gasteiger partial charge in [-0.15, -0.1) is 0 Å². The number of aromatic amines is 1. The van der Waals surface area contributed by atoms with E-state index in [1.807, 2.05) is 30.3 Å². The Hall–Kier alpha value is -3.94. The van der Waals surface area contributed by atoms with Crippen molar-refractivity contribution < 1.29 is 4.79 Å². The summed E-state index contributed by atoms with van der Waals surface area (Å²) in [6, 6.07) is 17.6. The maximum Gasteiger partial charge on any atom is 0.273 e. The van der Waals surface area contributed by atoms with Gasteiger partial charge in [0.15, 0.2) is 5.82 Å². The Morgan fingerprint density at radius 1 is 0.963 bits per heavy atom. The van der Waals surface area contributed by atoms with Gasteiger partial charge in [0, 0.05) is 12.3 Å². The molecular formula is C19H15N5O3. The number of nitrogens with one attached hydrogen (secondary N) is 2. The summed E-state index contributed by atoms with van der Waals surface area (Å²) in [7, 11) is 0. The van der Waals surface area contributed by atoms with Gasteiger partial charge in [0.05, 0.1) is 16.5 Å². The molecule has 2 aromatic heterocycles. The van der Waals surface area contributed by atoms with Crippen LogP contribution in [-0.4, -0.2) is 25.5 Å². The van der Waals surface area contributed by atoms with Gasteiger partial charge in [-0.05, 0) is 24.3 Å². The van der Waals surface area contributed by atoms with Crippen LogP contribution in [0.3, 0.4) is 0 Å². The van der Waals surface area contributed by atoms with Crippen LogP contribution in [0.2, 0.25) is 0 Å². The van der Waals surface area contributed by atoms with Crippen LogP contribution in [0.15, 0.2) is 76.4 Å². The smallest absolute Gasteiger partial charge is 0.273 e. The lowest BCUT2D eigenvalue weighted by atomic mass is 10.2. The number of rotatable bonds is 4. The first kappa shape index (κ1) is 16.5. The maximum atomic E-state index is 12.5. The predicted octanol–water partition coefficient (Wildman–Crippen LogP) is 1.51. The lowest BCUT2D eigenvalue weighted by Gasteiger charge is -2.07. The van der Waals surface area contributed by atoms with Gasteiger partial charge in [-0.1, -0.05) is 30.3 Å². The summed E-state index contributed by atoms with van der Waals surface area (Å²) in [5, 5.41) is 9.89. The van der Waals surface area contributed by atoms with Crippen molar-refractivity contribution in [1.82, 2.24) is 19.6 Å². The van der Waals surface area contributed by atoms with Gasteiger partial charge >= 0.3 is 0 Å². The zero-order valence-electron chi connectivity index (χ0n) is 14.1. The number of nitrogens with zero attached hydrogens (tertiary/aromatic N) is 3. The maximum absolute atomic E-state index is 12.5. The van der Waals surface area contributed by atoms with E-state index in [0.717, 1.165) is 10.4 Å². The van der Waals surface area contributed by atoms with Gasteiger partial charge in [-0.25, -0.2) is 9.36 Å². The third kappa shape index (κ3) is 3.28. The van der Waals surface area contributed by atoms with Crippen molar-refractivity contribution in [1.29, 1.82) is 0 Å². The molecule has 0 aliphatic heterocycles. The van der Waals surface area contributed by atoms with Crippen LogP contribution in [0, 0.1) is 0 Å². The molecule has 4 aromatic rings. The molecule has 1 amide bonds. The number of hydrogen-bond acceptors (Lipinski definition) is 4. The summed E-state index contributed by atoms with van der Waals surface area (Å²) in [4.78, 5) is 36.8. The monoisotopic (exact) mass is 361 g/mol. The van der Waals surface area contributed by atoms with Crippen LogP contribution in [0.1, 0.15) is 0 Å². The lowest BCUT2D eigenvalue weighted by molar-refractivity contribution is -0.117. The van der Waals surface area contributed by atoms with Crippen LogP contribution in [0.25, 0.3) is 16.5 Å². The van der Waals surface area contributed by atoms with E-state index in [2.05, 4.69) is 15.5 Å². The normalized spacial score (nSPS) is 10.8. The van der Waals surface area contributed by atoms with Crippen molar-refractivity contribution in [2.75, 3.05) is 5.32 Å². The second-order valence-corrected chi connectivity index (χ2v) is 5.91. The number of H-pyrrole nitrogens is 1. The lowest BCUT2D eigenvalue weighted by Crippen LogP contribution is -2.34. The van der Waals surface area contributed by atoms with Crippen molar-refractivity contribution in [2.24, 2.45) is 0 Å². The topological polar surface area (TPSA) is 102 Å². The number of benzene rings is 2. The first-order valence-corrected chi connectivity index (χ1v) is 8.24. The molecule has 0 aliphatic carbocycles. The van der Waals surface area contributed by atoms with Crippen molar-refractivity contribution >= 4 is 22.5 Å². The average Bonchev–Trinajstić information content (AvgIpc) is 3.15. The molecule has 0 saturated carbocycles.